The lowest BCUT2D eigenvalue weighted by atomic mass is 9.64. The number of halogens is 1. The first-order chi connectivity index (χ1) is 12.1. The molecule has 2 heterocycles. The number of nitrogens with zero attached hydrogens (tertiary/aromatic N) is 4. The van der Waals surface area contributed by atoms with Gasteiger partial charge in [0.2, 0.25) is 0 Å². The van der Waals surface area contributed by atoms with Gasteiger partial charge < -0.3 is 15.2 Å². The molecule has 1 aromatic heterocycles. The predicted molar refractivity (Wildman–Crippen MR) is 117 cm³/mol. The minimum Gasteiger partial charge on any atom is -0.356 e. The highest BCUT2D eigenvalue weighted by Crippen LogP contribution is 2.45. The molecular formula is C19H35IN6. The molecule has 26 heavy (non-hydrogen) atoms. The first-order valence-corrected chi connectivity index (χ1v) is 9.97. The van der Waals surface area contributed by atoms with E-state index in [9.17, 15) is 0 Å². The van der Waals surface area contributed by atoms with Crippen molar-refractivity contribution in [2.45, 2.75) is 78.3 Å². The molecule has 7 heteroatoms. The maximum atomic E-state index is 4.40. The molecule has 0 bridgehead atoms. The average Bonchev–Trinajstić information content (AvgIpc) is 2.78. The second-order valence-electron chi connectivity index (χ2n) is 8.23. The van der Waals surface area contributed by atoms with E-state index in [1.807, 2.05) is 7.05 Å². The Bertz CT molecular complexity index is 591. The van der Waals surface area contributed by atoms with Crippen molar-refractivity contribution in [1.82, 2.24) is 25.4 Å². The number of aliphatic imine (C=N–C) groups is 1. The summed E-state index contributed by atoms with van der Waals surface area (Å²) in [6, 6.07) is 0. The van der Waals surface area contributed by atoms with Crippen molar-refractivity contribution < 1.29 is 0 Å². The van der Waals surface area contributed by atoms with Gasteiger partial charge in [-0.15, -0.1) is 34.2 Å². The molecule has 148 valence electrons. The lowest BCUT2D eigenvalue weighted by Crippen LogP contribution is -2.47. The summed E-state index contributed by atoms with van der Waals surface area (Å²) in [4.78, 5) is 4.40. The normalized spacial score (nSPS) is 19.2. The van der Waals surface area contributed by atoms with Crippen LogP contribution in [0.4, 0.5) is 0 Å². The quantitative estimate of drug-likeness (QED) is 0.376. The number of hydrogen-bond donors (Lipinski definition) is 2. The number of aryl methyl sites for hydroxylation is 1. The van der Waals surface area contributed by atoms with Gasteiger partial charge in [-0.25, -0.2) is 0 Å². The monoisotopic (exact) mass is 474 g/mol. The van der Waals surface area contributed by atoms with Crippen LogP contribution in [0.5, 0.6) is 0 Å². The highest BCUT2D eigenvalue weighted by atomic mass is 127. The van der Waals surface area contributed by atoms with Crippen LogP contribution in [0, 0.1) is 11.3 Å². The standard InChI is InChI=1S/C19H34N6.HI/c1-15(2)12-19(9-7-10-19)14-22-18(20-3)21-13-17-24-23-16-8-5-4-6-11-25(16)17;/h15H,4-14H2,1-3H3,(H2,20,21,22);1H. The van der Waals surface area contributed by atoms with E-state index in [1.54, 1.807) is 0 Å². The molecule has 3 rings (SSSR count). The van der Waals surface area contributed by atoms with Crippen LogP contribution >= 0.6 is 24.0 Å². The van der Waals surface area contributed by atoms with Crippen LogP contribution in [0.2, 0.25) is 0 Å². The molecule has 0 saturated heterocycles. The third-order valence-corrected chi connectivity index (χ3v) is 5.71. The Kier molecular flexibility index (Phi) is 8.16. The molecule has 6 nitrogen and oxygen atoms in total. The number of aromatic nitrogens is 3. The molecule has 1 aliphatic carbocycles. The number of guanidine groups is 1. The molecule has 2 N–H and O–H groups in total. The summed E-state index contributed by atoms with van der Waals surface area (Å²) in [5.41, 5.74) is 0.470. The molecule has 2 aliphatic rings. The van der Waals surface area contributed by atoms with Crippen molar-refractivity contribution in [3.8, 4) is 0 Å². The molecule has 1 fully saturated rings. The highest BCUT2D eigenvalue weighted by Gasteiger charge is 2.37. The van der Waals surface area contributed by atoms with E-state index < -0.39 is 0 Å². The Morgan fingerprint density at radius 1 is 1.15 bits per heavy atom. The first-order valence-electron chi connectivity index (χ1n) is 9.97. The third kappa shape index (κ3) is 5.33. The van der Waals surface area contributed by atoms with Gasteiger partial charge in [-0.3, -0.25) is 4.99 Å². The second-order valence-corrected chi connectivity index (χ2v) is 8.23. The van der Waals surface area contributed by atoms with Gasteiger partial charge in [0.05, 0.1) is 6.54 Å². The Morgan fingerprint density at radius 2 is 1.96 bits per heavy atom. The highest BCUT2D eigenvalue weighted by molar-refractivity contribution is 14.0. The van der Waals surface area contributed by atoms with Crippen molar-refractivity contribution in [3.63, 3.8) is 0 Å². The summed E-state index contributed by atoms with van der Waals surface area (Å²) in [5.74, 6) is 3.80. The van der Waals surface area contributed by atoms with Gasteiger partial charge in [-0.05, 0) is 43.4 Å². The summed E-state index contributed by atoms with van der Waals surface area (Å²) in [7, 11) is 1.84. The fourth-order valence-corrected chi connectivity index (χ4v) is 4.33. The van der Waals surface area contributed by atoms with Crippen LogP contribution in [-0.4, -0.2) is 34.3 Å². The minimum absolute atomic E-state index is 0. The van der Waals surface area contributed by atoms with Gasteiger partial charge in [0.15, 0.2) is 11.8 Å². The smallest absolute Gasteiger partial charge is 0.191 e. The van der Waals surface area contributed by atoms with E-state index in [0.29, 0.717) is 12.0 Å². The number of hydrogen-bond acceptors (Lipinski definition) is 3. The van der Waals surface area contributed by atoms with Gasteiger partial charge in [0, 0.05) is 26.6 Å². The van der Waals surface area contributed by atoms with Crippen molar-refractivity contribution in [2.75, 3.05) is 13.6 Å². The number of nitrogens with one attached hydrogen (secondary N) is 2. The van der Waals surface area contributed by atoms with E-state index in [1.165, 1.54) is 44.9 Å². The van der Waals surface area contributed by atoms with E-state index in [0.717, 1.165) is 43.0 Å². The Morgan fingerprint density at radius 3 is 2.62 bits per heavy atom. The Balaban J connectivity index is 0.00000243. The van der Waals surface area contributed by atoms with Crippen LogP contribution in [0.25, 0.3) is 0 Å². The second kappa shape index (κ2) is 9.90. The summed E-state index contributed by atoms with van der Waals surface area (Å²) < 4.78 is 2.29. The Labute approximate surface area is 175 Å². The van der Waals surface area contributed by atoms with Gasteiger partial charge in [-0.1, -0.05) is 26.7 Å². The summed E-state index contributed by atoms with van der Waals surface area (Å²) in [6.07, 6.45) is 10.1. The van der Waals surface area contributed by atoms with Gasteiger partial charge in [-0.2, -0.15) is 0 Å². The Hall–Kier alpha value is -0.860. The van der Waals surface area contributed by atoms with E-state index in [-0.39, 0.29) is 24.0 Å². The summed E-state index contributed by atoms with van der Waals surface area (Å²) in [6.45, 7) is 7.39. The zero-order valence-electron chi connectivity index (χ0n) is 16.6. The minimum atomic E-state index is 0. The molecule has 0 atom stereocenters. The van der Waals surface area contributed by atoms with Crippen LogP contribution < -0.4 is 10.6 Å². The fourth-order valence-electron chi connectivity index (χ4n) is 4.33. The van der Waals surface area contributed by atoms with E-state index in [4.69, 9.17) is 0 Å². The first kappa shape index (κ1) is 21.4. The molecule has 1 saturated carbocycles. The number of fused-ring (bicyclic) bond motifs is 1. The zero-order valence-corrected chi connectivity index (χ0v) is 18.9. The maximum absolute atomic E-state index is 4.40. The largest absolute Gasteiger partial charge is 0.356 e. The van der Waals surface area contributed by atoms with E-state index >= 15 is 0 Å². The predicted octanol–water partition coefficient (Wildman–Crippen LogP) is 3.50. The van der Waals surface area contributed by atoms with Crippen molar-refractivity contribution in [1.29, 1.82) is 0 Å². The molecule has 1 aromatic rings. The summed E-state index contributed by atoms with van der Waals surface area (Å²) >= 11 is 0. The SMILES string of the molecule is CN=C(NCc1nnc2n1CCCCC2)NCC1(CC(C)C)CCC1.I. The summed E-state index contributed by atoms with van der Waals surface area (Å²) in [5, 5.41) is 15.7. The van der Waals surface area contributed by atoms with Crippen LogP contribution in [0.15, 0.2) is 4.99 Å². The molecule has 0 aromatic carbocycles. The lowest BCUT2D eigenvalue weighted by Gasteiger charge is -2.43. The van der Waals surface area contributed by atoms with Crippen LogP contribution in [0.1, 0.15) is 70.4 Å². The van der Waals surface area contributed by atoms with Crippen molar-refractivity contribution in [2.24, 2.45) is 16.3 Å². The van der Waals surface area contributed by atoms with Crippen molar-refractivity contribution in [3.05, 3.63) is 11.6 Å². The third-order valence-electron chi connectivity index (χ3n) is 5.71. The molecule has 0 radical (unpaired) electrons. The topological polar surface area (TPSA) is 67.1 Å². The average molecular weight is 474 g/mol. The molecule has 0 spiro atoms. The fraction of sp³-hybridized carbons (Fsp3) is 0.842. The van der Waals surface area contributed by atoms with Gasteiger partial charge in [0.1, 0.15) is 5.82 Å². The van der Waals surface area contributed by atoms with Crippen molar-refractivity contribution >= 4 is 29.9 Å². The van der Waals surface area contributed by atoms with Crippen LogP contribution in [0.3, 0.4) is 0 Å². The van der Waals surface area contributed by atoms with Gasteiger partial charge >= 0.3 is 0 Å². The molecule has 1 aliphatic heterocycles. The van der Waals surface area contributed by atoms with Gasteiger partial charge in [0.25, 0.3) is 0 Å². The number of rotatable bonds is 6. The molecule has 0 unspecified atom stereocenters. The van der Waals surface area contributed by atoms with E-state index in [2.05, 4.69) is 44.2 Å². The molecule has 0 amide bonds. The van der Waals surface area contributed by atoms with Crippen LogP contribution in [-0.2, 0) is 19.5 Å². The zero-order chi connectivity index (χ0) is 17.7. The maximum Gasteiger partial charge on any atom is 0.191 e. The lowest BCUT2D eigenvalue weighted by molar-refractivity contribution is 0.104. The molecular weight excluding hydrogens is 439 g/mol.